The van der Waals surface area contributed by atoms with E-state index in [9.17, 15) is 4.39 Å². The van der Waals surface area contributed by atoms with Crippen molar-refractivity contribution in [1.82, 2.24) is 14.8 Å². The molecule has 1 aliphatic carbocycles. The monoisotopic (exact) mass is 367 g/mol. The molecule has 0 radical (unpaired) electrons. The number of ether oxygens (including phenoxy) is 1. The Hall–Kier alpha value is -2.43. The van der Waals surface area contributed by atoms with E-state index in [1.165, 1.54) is 31.9 Å². The smallest absolute Gasteiger partial charge is 0.131 e. The summed E-state index contributed by atoms with van der Waals surface area (Å²) in [5, 5.41) is 5.89. The van der Waals surface area contributed by atoms with E-state index < -0.39 is 6.17 Å². The van der Waals surface area contributed by atoms with Crippen LogP contribution in [0, 0.1) is 12.8 Å². The Kier molecular flexibility index (Phi) is 5.10. The second kappa shape index (κ2) is 7.67. The first-order valence-corrected chi connectivity index (χ1v) is 9.76. The molecule has 0 amide bonds. The minimum absolute atomic E-state index is 0.0848. The van der Waals surface area contributed by atoms with Crippen LogP contribution in [-0.4, -0.2) is 27.5 Å². The third-order valence-electron chi connectivity index (χ3n) is 5.32. The van der Waals surface area contributed by atoms with Gasteiger partial charge in [0.05, 0.1) is 17.8 Å². The van der Waals surface area contributed by atoms with Crippen molar-refractivity contribution in [1.29, 1.82) is 0 Å². The van der Waals surface area contributed by atoms with Gasteiger partial charge in [0.15, 0.2) is 0 Å². The SMILES string of the molecule is Cc1cc(Cn2cc3c(CC4CCC4)nccc3n2)ccc1OCC(C)F. The summed E-state index contributed by atoms with van der Waals surface area (Å²) in [5.41, 5.74) is 4.34. The number of benzene rings is 1. The van der Waals surface area contributed by atoms with Crippen molar-refractivity contribution >= 4 is 10.9 Å². The van der Waals surface area contributed by atoms with Crippen LogP contribution in [-0.2, 0) is 13.0 Å². The van der Waals surface area contributed by atoms with Gasteiger partial charge in [-0.15, -0.1) is 0 Å². The number of fused-ring (bicyclic) bond motifs is 1. The molecule has 0 spiro atoms. The van der Waals surface area contributed by atoms with Gasteiger partial charge in [-0.2, -0.15) is 5.10 Å². The summed E-state index contributed by atoms with van der Waals surface area (Å²) in [7, 11) is 0. The van der Waals surface area contributed by atoms with Crippen molar-refractivity contribution in [2.45, 2.75) is 52.2 Å². The lowest BCUT2D eigenvalue weighted by atomic mass is 9.82. The summed E-state index contributed by atoms with van der Waals surface area (Å²) >= 11 is 0. The van der Waals surface area contributed by atoms with Crippen LogP contribution in [0.5, 0.6) is 5.75 Å². The number of hydrogen-bond donors (Lipinski definition) is 0. The zero-order valence-electron chi connectivity index (χ0n) is 16.0. The zero-order chi connectivity index (χ0) is 18.8. The summed E-state index contributed by atoms with van der Waals surface area (Å²) in [6, 6.07) is 8.00. The van der Waals surface area contributed by atoms with Gasteiger partial charge in [0.25, 0.3) is 0 Å². The largest absolute Gasteiger partial charge is 0.490 e. The van der Waals surface area contributed by atoms with Crippen LogP contribution in [0.1, 0.15) is 43.0 Å². The quantitative estimate of drug-likeness (QED) is 0.598. The van der Waals surface area contributed by atoms with Gasteiger partial charge in [-0.25, -0.2) is 4.39 Å². The van der Waals surface area contributed by atoms with E-state index in [2.05, 4.69) is 17.2 Å². The molecule has 0 N–H and O–H groups in total. The minimum Gasteiger partial charge on any atom is -0.490 e. The Morgan fingerprint density at radius 1 is 1.30 bits per heavy atom. The average Bonchev–Trinajstić information content (AvgIpc) is 3.00. The normalized spacial score (nSPS) is 15.7. The predicted molar refractivity (Wildman–Crippen MR) is 105 cm³/mol. The molecular formula is C22H26FN3O. The second-order valence-electron chi connectivity index (χ2n) is 7.71. The molecule has 1 unspecified atom stereocenters. The van der Waals surface area contributed by atoms with E-state index in [1.54, 1.807) is 0 Å². The van der Waals surface area contributed by atoms with Crippen molar-refractivity contribution in [3.8, 4) is 5.75 Å². The maximum atomic E-state index is 13.0. The Bertz CT molecular complexity index is 930. The lowest BCUT2D eigenvalue weighted by Crippen LogP contribution is -2.14. The van der Waals surface area contributed by atoms with E-state index in [4.69, 9.17) is 9.84 Å². The molecule has 1 atom stereocenters. The molecule has 1 fully saturated rings. The second-order valence-corrected chi connectivity index (χ2v) is 7.71. The van der Waals surface area contributed by atoms with Gasteiger partial charge in [0, 0.05) is 17.8 Å². The summed E-state index contributed by atoms with van der Waals surface area (Å²) in [5.74, 6) is 1.52. The van der Waals surface area contributed by atoms with Crippen LogP contribution in [0.2, 0.25) is 0 Å². The van der Waals surface area contributed by atoms with E-state index in [0.29, 0.717) is 6.54 Å². The molecule has 142 valence electrons. The molecule has 4 nitrogen and oxygen atoms in total. The van der Waals surface area contributed by atoms with Gasteiger partial charge in [0.1, 0.15) is 18.5 Å². The first-order chi connectivity index (χ1) is 13.1. The Morgan fingerprint density at radius 2 is 2.15 bits per heavy atom. The van der Waals surface area contributed by atoms with E-state index in [0.717, 1.165) is 40.1 Å². The molecule has 1 aliphatic rings. The predicted octanol–water partition coefficient (Wildman–Crippen LogP) is 4.87. The van der Waals surface area contributed by atoms with Gasteiger partial charge >= 0.3 is 0 Å². The first-order valence-electron chi connectivity index (χ1n) is 9.76. The number of hydrogen-bond acceptors (Lipinski definition) is 3. The van der Waals surface area contributed by atoms with Crippen LogP contribution >= 0.6 is 0 Å². The van der Waals surface area contributed by atoms with E-state index in [-0.39, 0.29) is 6.61 Å². The Morgan fingerprint density at radius 3 is 2.85 bits per heavy atom. The van der Waals surface area contributed by atoms with E-state index in [1.807, 2.05) is 36.0 Å². The molecule has 0 aliphatic heterocycles. The minimum atomic E-state index is -0.969. The molecule has 2 heterocycles. The molecule has 27 heavy (non-hydrogen) atoms. The molecular weight excluding hydrogens is 341 g/mol. The zero-order valence-corrected chi connectivity index (χ0v) is 16.0. The highest BCUT2D eigenvalue weighted by molar-refractivity contribution is 5.80. The third kappa shape index (κ3) is 4.12. The van der Waals surface area contributed by atoms with Crippen LogP contribution in [0.25, 0.3) is 10.9 Å². The van der Waals surface area contributed by atoms with Crippen LogP contribution < -0.4 is 4.74 Å². The molecule has 5 heteroatoms. The molecule has 1 aromatic carbocycles. The molecule has 3 aromatic rings. The fourth-order valence-electron chi connectivity index (χ4n) is 3.63. The molecule has 4 rings (SSSR count). The lowest BCUT2D eigenvalue weighted by Gasteiger charge is -2.24. The number of alkyl halides is 1. The van der Waals surface area contributed by atoms with E-state index >= 15 is 0 Å². The first kappa shape index (κ1) is 18.0. The molecule has 0 bridgehead atoms. The number of pyridine rings is 1. The Balaban J connectivity index is 1.51. The summed E-state index contributed by atoms with van der Waals surface area (Å²) < 4.78 is 20.5. The fraction of sp³-hybridized carbons (Fsp3) is 0.455. The summed E-state index contributed by atoms with van der Waals surface area (Å²) in [6.07, 6.45) is 8.06. The van der Waals surface area contributed by atoms with Crippen molar-refractivity contribution < 1.29 is 9.13 Å². The number of rotatable bonds is 7. The standard InChI is InChI=1S/C22H26FN3O/c1-15-10-18(6-7-22(15)27-14-16(2)23)12-26-13-19-20(25-26)8-9-24-21(19)11-17-4-3-5-17/h6-10,13,16-17H,3-5,11-12,14H2,1-2H3. The van der Waals surface area contributed by atoms with Crippen LogP contribution in [0.3, 0.4) is 0 Å². The molecule has 2 aromatic heterocycles. The highest BCUT2D eigenvalue weighted by atomic mass is 19.1. The van der Waals surface area contributed by atoms with Crippen molar-refractivity contribution in [3.63, 3.8) is 0 Å². The highest BCUT2D eigenvalue weighted by Crippen LogP contribution is 2.31. The number of aromatic nitrogens is 3. The highest BCUT2D eigenvalue weighted by Gasteiger charge is 2.20. The van der Waals surface area contributed by atoms with Crippen LogP contribution in [0.15, 0.2) is 36.7 Å². The summed E-state index contributed by atoms with van der Waals surface area (Å²) in [6.45, 7) is 4.27. The van der Waals surface area contributed by atoms with Gasteiger partial charge in [0.2, 0.25) is 0 Å². The number of halogens is 1. The van der Waals surface area contributed by atoms with Gasteiger partial charge < -0.3 is 4.74 Å². The lowest BCUT2D eigenvalue weighted by molar-refractivity contribution is 0.209. The van der Waals surface area contributed by atoms with Crippen LogP contribution in [0.4, 0.5) is 4.39 Å². The summed E-state index contributed by atoms with van der Waals surface area (Å²) in [4.78, 5) is 4.61. The third-order valence-corrected chi connectivity index (χ3v) is 5.32. The van der Waals surface area contributed by atoms with Crippen molar-refractivity contribution in [2.75, 3.05) is 6.61 Å². The van der Waals surface area contributed by atoms with Gasteiger partial charge in [-0.3, -0.25) is 9.67 Å². The van der Waals surface area contributed by atoms with Crippen molar-refractivity contribution in [3.05, 3.63) is 53.5 Å². The van der Waals surface area contributed by atoms with Gasteiger partial charge in [-0.1, -0.05) is 31.4 Å². The number of aryl methyl sites for hydroxylation is 1. The number of nitrogens with zero attached hydrogens (tertiary/aromatic N) is 3. The molecule has 1 saturated carbocycles. The maximum absolute atomic E-state index is 13.0. The topological polar surface area (TPSA) is 39.9 Å². The van der Waals surface area contributed by atoms with Crippen molar-refractivity contribution in [2.24, 2.45) is 5.92 Å². The van der Waals surface area contributed by atoms with Gasteiger partial charge in [-0.05, 0) is 49.4 Å². The Labute approximate surface area is 159 Å². The maximum Gasteiger partial charge on any atom is 0.131 e. The molecule has 0 saturated heterocycles. The average molecular weight is 367 g/mol. The fourth-order valence-corrected chi connectivity index (χ4v) is 3.63.